The third-order valence-electron chi connectivity index (χ3n) is 4.08. The van der Waals surface area contributed by atoms with Crippen molar-refractivity contribution in [3.05, 3.63) is 48.5 Å². The lowest BCUT2D eigenvalue weighted by molar-refractivity contribution is -0.119. The third kappa shape index (κ3) is 4.09. The van der Waals surface area contributed by atoms with Gasteiger partial charge in [0.2, 0.25) is 5.91 Å². The molecule has 3 rings (SSSR count). The first kappa shape index (κ1) is 16.8. The molecule has 0 radical (unpaired) electrons. The molecule has 1 saturated heterocycles. The summed E-state index contributed by atoms with van der Waals surface area (Å²) in [6.07, 6.45) is 2.47. The van der Waals surface area contributed by atoms with E-state index in [0.29, 0.717) is 30.1 Å². The highest BCUT2D eigenvalue weighted by atomic mass is 16.5. The molecule has 0 atom stereocenters. The van der Waals surface area contributed by atoms with Gasteiger partial charge in [0.15, 0.2) is 0 Å². The van der Waals surface area contributed by atoms with Crippen LogP contribution in [0.15, 0.2) is 48.5 Å². The molecule has 3 amide bonds. The second-order valence-electron chi connectivity index (χ2n) is 5.83. The van der Waals surface area contributed by atoms with E-state index in [2.05, 4.69) is 10.6 Å². The molecule has 0 spiro atoms. The molecule has 0 bridgehead atoms. The first-order chi connectivity index (χ1) is 12.2. The highest BCUT2D eigenvalue weighted by molar-refractivity contribution is 6.00. The highest BCUT2D eigenvalue weighted by Crippen LogP contribution is 2.33. The molecule has 0 unspecified atom stereocenters. The van der Waals surface area contributed by atoms with E-state index in [1.807, 2.05) is 30.3 Å². The Morgan fingerprint density at radius 2 is 1.80 bits per heavy atom. The summed E-state index contributed by atoms with van der Waals surface area (Å²) in [6.45, 7) is 0.691. The summed E-state index contributed by atoms with van der Waals surface area (Å²) < 4.78 is 5.42. The lowest BCUT2D eigenvalue weighted by Gasteiger charge is -2.28. The smallest absolute Gasteiger partial charge is 0.323 e. The van der Waals surface area contributed by atoms with Gasteiger partial charge < -0.3 is 20.3 Å². The molecule has 1 aliphatic rings. The molecular formula is C19H21N3O3. The molecule has 6 nitrogen and oxygen atoms in total. The predicted octanol–water partition coefficient (Wildman–Crippen LogP) is 3.86. The van der Waals surface area contributed by atoms with Crippen molar-refractivity contribution < 1.29 is 14.3 Å². The molecule has 25 heavy (non-hydrogen) atoms. The summed E-state index contributed by atoms with van der Waals surface area (Å²) >= 11 is 0. The number of carbonyl (C=O) groups excluding carboxylic acids is 2. The molecule has 2 aromatic rings. The fraction of sp³-hybridized carbons (Fsp3) is 0.263. The van der Waals surface area contributed by atoms with Crippen LogP contribution in [0.2, 0.25) is 0 Å². The number of methoxy groups -OCH3 is 1. The van der Waals surface area contributed by atoms with Crippen molar-refractivity contribution in [3.63, 3.8) is 0 Å². The summed E-state index contributed by atoms with van der Waals surface area (Å²) in [5.41, 5.74) is 2.04. The molecule has 130 valence electrons. The number of urea groups is 1. The fourth-order valence-electron chi connectivity index (χ4n) is 2.85. The van der Waals surface area contributed by atoms with E-state index in [0.717, 1.165) is 18.5 Å². The summed E-state index contributed by atoms with van der Waals surface area (Å²) in [5.74, 6) is 0.667. The van der Waals surface area contributed by atoms with Crippen molar-refractivity contribution in [1.29, 1.82) is 0 Å². The number of carbonyl (C=O) groups is 2. The van der Waals surface area contributed by atoms with Crippen LogP contribution in [0, 0.1) is 0 Å². The largest absolute Gasteiger partial charge is 0.494 e. The second-order valence-corrected chi connectivity index (χ2v) is 5.83. The van der Waals surface area contributed by atoms with Crippen molar-refractivity contribution in [1.82, 2.24) is 0 Å². The van der Waals surface area contributed by atoms with Crippen LogP contribution < -0.4 is 20.3 Å². The zero-order valence-corrected chi connectivity index (χ0v) is 14.1. The lowest BCUT2D eigenvalue weighted by atomic mass is 10.1. The normalized spacial score (nSPS) is 14.1. The van der Waals surface area contributed by atoms with E-state index in [1.165, 1.54) is 0 Å². The van der Waals surface area contributed by atoms with Crippen LogP contribution in [-0.2, 0) is 4.79 Å². The number of ether oxygens (including phenoxy) is 1. The predicted molar refractivity (Wildman–Crippen MR) is 98.3 cm³/mol. The minimum atomic E-state index is -0.338. The van der Waals surface area contributed by atoms with E-state index in [-0.39, 0.29) is 11.9 Å². The molecule has 6 heteroatoms. The van der Waals surface area contributed by atoms with Crippen LogP contribution >= 0.6 is 0 Å². The first-order valence-corrected chi connectivity index (χ1v) is 8.29. The average molecular weight is 339 g/mol. The zero-order chi connectivity index (χ0) is 17.6. The number of hydrogen-bond acceptors (Lipinski definition) is 3. The van der Waals surface area contributed by atoms with Gasteiger partial charge in [-0.2, -0.15) is 0 Å². The Labute approximate surface area is 146 Å². The summed E-state index contributed by atoms with van der Waals surface area (Å²) in [7, 11) is 1.56. The SMILES string of the molecule is COc1cc(NC(=O)Nc2ccccc2)ccc1N1CCCCC1=O. The average Bonchev–Trinajstić information content (AvgIpc) is 2.63. The Bertz CT molecular complexity index is 762. The second kappa shape index (κ2) is 7.70. The maximum atomic E-state index is 12.1. The Balaban J connectivity index is 1.72. The number of benzene rings is 2. The van der Waals surface area contributed by atoms with E-state index < -0.39 is 0 Å². The number of rotatable bonds is 4. The summed E-state index contributed by atoms with van der Waals surface area (Å²) in [5, 5.41) is 5.53. The van der Waals surface area contributed by atoms with Crippen LogP contribution in [0.4, 0.5) is 21.9 Å². The number of nitrogens with one attached hydrogen (secondary N) is 2. The minimum absolute atomic E-state index is 0.104. The molecule has 2 aromatic carbocycles. The van der Waals surface area contributed by atoms with Crippen LogP contribution in [0.3, 0.4) is 0 Å². The number of anilines is 3. The van der Waals surface area contributed by atoms with Gasteiger partial charge in [0, 0.05) is 30.4 Å². The Morgan fingerprint density at radius 1 is 1.04 bits per heavy atom. The van der Waals surface area contributed by atoms with E-state index in [9.17, 15) is 9.59 Å². The van der Waals surface area contributed by atoms with Gasteiger partial charge in [-0.15, -0.1) is 0 Å². The molecule has 2 N–H and O–H groups in total. The van der Waals surface area contributed by atoms with Crippen molar-refractivity contribution in [2.75, 3.05) is 29.2 Å². The minimum Gasteiger partial charge on any atom is -0.494 e. The van der Waals surface area contributed by atoms with E-state index >= 15 is 0 Å². The Morgan fingerprint density at radius 3 is 2.52 bits per heavy atom. The number of piperidine rings is 1. The summed E-state index contributed by atoms with van der Waals surface area (Å²) in [4.78, 5) is 26.0. The van der Waals surface area contributed by atoms with Crippen LogP contribution in [0.5, 0.6) is 5.75 Å². The standard InChI is InChI=1S/C19H21N3O3/c1-25-17-13-15(21-19(24)20-14-7-3-2-4-8-14)10-11-16(17)22-12-6-5-9-18(22)23/h2-4,7-8,10-11,13H,5-6,9,12H2,1H3,(H2,20,21,24). The van der Waals surface area contributed by atoms with Crippen LogP contribution in [0.1, 0.15) is 19.3 Å². The van der Waals surface area contributed by atoms with Gasteiger partial charge in [0.05, 0.1) is 12.8 Å². The quantitative estimate of drug-likeness (QED) is 0.889. The highest BCUT2D eigenvalue weighted by Gasteiger charge is 2.22. The Hall–Kier alpha value is -3.02. The third-order valence-corrected chi connectivity index (χ3v) is 4.08. The van der Waals surface area contributed by atoms with E-state index in [1.54, 1.807) is 30.2 Å². The van der Waals surface area contributed by atoms with E-state index in [4.69, 9.17) is 4.74 Å². The van der Waals surface area contributed by atoms with Crippen molar-refractivity contribution >= 4 is 29.0 Å². The van der Waals surface area contributed by atoms with Gasteiger partial charge in [0.1, 0.15) is 5.75 Å². The van der Waals surface area contributed by atoms with Crippen molar-refractivity contribution in [2.45, 2.75) is 19.3 Å². The molecular weight excluding hydrogens is 318 g/mol. The molecule has 0 aliphatic carbocycles. The van der Waals surface area contributed by atoms with Gasteiger partial charge in [-0.3, -0.25) is 4.79 Å². The Kier molecular flexibility index (Phi) is 5.18. The summed E-state index contributed by atoms with van der Waals surface area (Å²) in [6, 6.07) is 14.2. The molecule has 1 heterocycles. The molecule has 0 saturated carbocycles. The molecule has 0 aromatic heterocycles. The molecule has 1 aliphatic heterocycles. The monoisotopic (exact) mass is 339 g/mol. The van der Waals surface area contributed by atoms with Crippen LogP contribution in [0.25, 0.3) is 0 Å². The first-order valence-electron chi connectivity index (χ1n) is 8.29. The number of para-hydroxylation sites is 1. The van der Waals surface area contributed by atoms with Crippen molar-refractivity contribution in [2.24, 2.45) is 0 Å². The van der Waals surface area contributed by atoms with Crippen LogP contribution in [-0.4, -0.2) is 25.6 Å². The van der Waals surface area contributed by atoms with Gasteiger partial charge >= 0.3 is 6.03 Å². The van der Waals surface area contributed by atoms with Gasteiger partial charge in [-0.25, -0.2) is 4.79 Å². The maximum Gasteiger partial charge on any atom is 0.323 e. The fourth-order valence-corrected chi connectivity index (χ4v) is 2.85. The molecule has 1 fully saturated rings. The number of nitrogens with zero attached hydrogens (tertiary/aromatic N) is 1. The maximum absolute atomic E-state index is 12.1. The lowest BCUT2D eigenvalue weighted by Crippen LogP contribution is -2.35. The number of amides is 3. The topological polar surface area (TPSA) is 70.7 Å². The van der Waals surface area contributed by atoms with Gasteiger partial charge in [-0.05, 0) is 37.1 Å². The number of hydrogen-bond donors (Lipinski definition) is 2. The van der Waals surface area contributed by atoms with Gasteiger partial charge in [-0.1, -0.05) is 18.2 Å². The zero-order valence-electron chi connectivity index (χ0n) is 14.1. The van der Waals surface area contributed by atoms with Gasteiger partial charge in [0.25, 0.3) is 0 Å². The van der Waals surface area contributed by atoms with Crippen molar-refractivity contribution in [3.8, 4) is 5.75 Å².